The number of hydrogen-bond donors (Lipinski definition) is 0. The first-order chi connectivity index (χ1) is 11.1. The van der Waals surface area contributed by atoms with Crippen molar-refractivity contribution >= 4 is 5.97 Å². The summed E-state index contributed by atoms with van der Waals surface area (Å²) in [4.78, 5) is 14.5. The highest BCUT2D eigenvalue weighted by Gasteiger charge is 2.30. The molecule has 3 nitrogen and oxygen atoms in total. The summed E-state index contributed by atoms with van der Waals surface area (Å²) in [6.45, 7) is 5.55. The Balaban J connectivity index is 2.27. The first kappa shape index (κ1) is 17.2. The van der Waals surface area contributed by atoms with Crippen molar-refractivity contribution in [3.8, 4) is 0 Å². The van der Waals surface area contributed by atoms with Crippen molar-refractivity contribution in [2.24, 2.45) is 5.92 Å². The van der Waals surface area contributed by atoms with Crippen LogP contribution in [0, 0.1) is 5.92 Å². The monoisotopic (exact) mass is 311 g/mol. The van der Waals surface area contributed by atoms with Crippen LogP contribution in [0.4, 0.5) is 0 Å². The molecule has 0 unspecified atom stereocenters. The van der Waals surface area contributed by atoms with E-state index in [4.69, 9.17) is 4.74 Å². The average Bonchev–Trinajstić information content (AvgIpc) is 2.56. The molecule has 3 heteroatoms. The van der Waals surface area contributed by atoms with Gasteiger partial charge in [-0.2, -0.15) is 0 Å². The minimum atomic E-state index is -0.264. The van der Waals surface area contributed by atoms with Crippen LogP contribution in [0.5, 0.6) is 0 Å². The van der Waals surface area contributed by atoms with E-state index in [1.165, 1.54) is 18.2 Å². The molecule has 0 amide bonds. The SMILES string of the molecule is COC(=O)[C@H](C(C)C)N(Cc1ccccc1)Cc1ccccc1. The Morgan fingerprint density at radius 2 is 1.35 bits per heavy atom. The number of hydrogen-bond acceptors (Lipinski definition) is 3. The van der Waals surface area contributed by atoms with Gasteiger partial charge in [-0.1, -0.05) is 74.5 Å². The molecule has 0 aliphatic rings. The maximum Gasteiger partial charge on any atom is 0.323 e. The number of esters is 1. The molecule has 0 radical (unpaired) electrons. The van der Waals surface area contributed by atoms with Crippen molar-refractivity contribution in [2.75, 3.05) is 7.11 Å². The zero-order valence-corrected chi connectivity index (χ0v) is 14.1. The topological polar surface area (TPSA) is 29.5 Å². The highest BCUT2D eigenvalue weighted by Crippen LogP contribution is 2.19. The molecule has 1 atom stereocenters. The second-order valence-corrected chi connectivity index (χ2v) is 6.09. The van der Waals surface area contributed by atoms with E-state index in [1.807, 2.05) is 36.4 Å². The molecule has 0 saturated carbocycles. The molecule has 2 aromatic carbocycles. The van der Waals surface area contributed by atoms with Crippen molar-refractivity contribution in [1.82, 2.24) is 4.90 Å². The lowest BCUT2D eigenvalue weighted by atomic mass is 10.0. The summed E-state index contributed by atoms with van der Waals surface area (Å²) >= 11 is 0. The van der Waals surface area contributed by atoms with Crippen LogP contribution < -0.4 is 0 Å². The Morgan fingerprint density at radius 1 is 0.913 bits per heavy atom. The summed E-state index contributed by atoms with van der Waals surface area (Å²) in [5.74, 6) is 0.00161. The summed E-state index contributed by atoms with van der Waals surface area (Å²) in [6, 6.07) is 20.2. The van der Waals surface area contributed by atoms with Gasteiger partial charge in [-0.15, -0.1) is 0 Å². The van der Waals surface area contributed by atoms with E-state index < -0.39 is 0 Å². The van der Waals surface area contributed by atoms with E-state index in [0.717, 1.165) is 0 Å². The van der Waals surface area contributed by atoms with Crippen molar-refractivity contribution in [2.45, 2.75) is 33.0 Å². The molecule has 0 heterocycles. The van der Waals surface area contributed by atoms with Gasteiger partial charge < -0.3 is 4.74 Å². The number of methoxy groups -OCH3 is 1. The smallest absolute Gasteiger partial charge is 0.323 e. The standard InChI is InChI=1S/C20H25NO2/c1-16(2)19(20(22)23-3)21(14-17-10-6-4-7-11-17)15-18-12-8-5-9-13-18/h4-13,16,19H,14-15H2,1-3H3/t19-/m0/s1. The summed E-state index contributed by atoms with van der Waals surface area (Å²) in [6.07, 6.45) is 0. The Hall–Kier alpha value is -2.13. The lowest BCUT2D eigenvalue weighted by molar-refractivity contribution is -0.149. The maximum atomic E-state index is 12.3. The van der Waals surface area contributed by atoms with Gasteiger partial charge in [0.1, 0.15) is 6.04 Å². The molecule has 0 bridgehead atoms. The van der Waals surface area contributed by atoms with Gasteiger partial charge in [-0.25, -0.2) is 0 Å². The lowest BCUT2D eigenvalue weighted by Crippen LogP contribution is -2.44. The van der Waals surface area contributed by atoms with Crippen LogP contribution in [-0.4, -0.2) is 24.0 Å². The summed E-state index contributed by atoms with van der Waals surface area (Å²) in [7, 11) is 1.46. The molecular weight excluding hydrogens is 286 g/mol. The maximum absolute atomic E-state index is 12.3. The molecule has 0 N–H and O–H groups in total. The zero-order chi connectivity index (χ0) is 16.7. The zero-order valence-electron chi connectivity index (χ0n) is 14.1. The first-order valence-corrected chi connectivity index (χ1v) is 8.01. The van der Waals surface area contributed by atoms with Gasteiger partial charge in [0.05, 0.1) is 7.11 Å². The number of carbonyl (C=O) groups is 1. The molecule has 0 aromatic heterocycles. The molecule has 122 valence electrons. The Kier molecular flexibility index (Phi) is 6.36. The number of rotatable bonds is 7. The molecular formula is C20H25NO2. The van der Waals surface area contributed by atoms with E-state index >= 15 is 0 Å². The number of ether oxygens (including phenoxy) is 1. The first-order valence-electron chi connectivity index (χ1n) is 8.01. The van der Waals surface area contributed by atoms with E-state index in [1.54, 1.807) is 0 Å². The second-order valence-electron chi connectivity index (χ2n) is 6.09. The van der Waals surface area contributed by atoms with Crippen LogP contribution in [0.2, 0.25) is 0 Å². The molecule has 2 aromatic rings. The van der Waals surface area contributed by atoms with Gasteiger partial charge in [0.2, 0.25) is 0 Å². The van der Waals surface area contributed by atoms with E-state index in [9.17, 15) is 4.79 Å². The normalized spacial score (nSPS) is 12.4. The van der Waals surface area contributed by atoms with E-state index in [0.29, 0.717) is 13.1 Å². The number of benzene rings is 2. The van der Waals surface area contributed by atoms with Crippen LogP contribution in [-0.2, 0) is 22.6 Å². The minimum absolute atomic E-state index is 0.174. The fraction of sp³-hybridized carbons (Fsp3) is 0.350. The summed E-state index contributed by atoms with van der Waals surface area (Å²) in [5, 5.41) is 0. The van der Waals surface area contributed by atoms with E-state index in [-0.39, 0.29) is 17.9 Å². The van der Waals surface area contributed by atoms with Crippen LogP contribution in [0.3, 0.4) is 0 Å². The van der Waals surface area contributed by atoms with Gasteiger partial charge in [0.15, 0.2) is 0 Å². The van der Waals surface area contributed by atoms with Crippen LogP contribution in [0.15, 0.2) is 60.7 Å². The Morgan fingerprint density at radius 3 is 1.70 bits per heavy atom. The molecule has 0 saturated heterocycles. The third-order valence-corrected chi connectivity index (χ3v) is 3.92. The van der Waals surface area contributed by atoms with Crippen LogP contribution in [0.25, 0.3) is 0 Å². The molecule has 0 aliphatic carbocycles. The predicted octanol–water partition coefficient (Wildman–Crippen LogP) is 3.89. The Bertz CT molecular complexity index is 554. The molecule has 0 spiro atoms. The largest absolute Gasteiger partial charge is 0.468 e. The highest BCUT2D eigenvalue weighted by atomic mass is 16.5. The summed E-state index contributed by atoms with van der Waals surface area (Å²) < 4.78 is 5.05. The fourth-order valence-corrected chi connectivity index (χ4v) is 2.85. The van der Waals surface area contributed by atoms with Gasteiger partial charge in [-0.05, 0) is 17.0 Å². The number of nitrogens with zero attached hydrogens (tertiary/aromatic N) is 1. The minimum Gasteiger partial charge on any atom is -0.468 e. The lowest BCUT2D eigenvalue weighted by Gasteiger charge is -2.32. The fourth-order valence-electron chi connectivity index (χ4n) is 2.85. The van der Waals surface area contributed by atoms with Gasteiger partial charge >= 0.3 is 5.97 Å². The summed E-state index contributed by atoms with van der Waals surface area (Å²) in [5.41, 5.74) is 2.39. The molecule has 0 aliphatic heterocycles. The number of carbonyl (C=O) groups excluding carboxylic acids is 1. The van der Waals surface area contributed by atoms with Crippen LogP contribution in [0.1, 0.15) is 25.0 Å². The van der Waals surface area contributed by atoms with Gasteiger partial charge in [-0.3, -0.25) is 9.69 Å². The second kappa shape index (κ2) is 8.49. The Labute approximate surface area is 138 Å². The third kappa shape index (κ3) is 4.93. The molecule has 23 heavy (non-hydrogen) atoms. The van der Waals surface area contributed by atoms with Crippen molar-refractivity contribution < 1.29 is 9.53 Å². The average molecular weight is 311 g/mol. The van der Waals surface area contributed by atoms with Crippen molar-refractivity contribution in [3.05, 3.63) is 71.8 Å². The quantitative estimate of drug-likeness (QED) is 0.727. The molecule has 0 fully saturated rings. The molecule has 2 rings (SSSR count). The van der Waals surface area contributed by atoms with E-state index in [2.05, 4.69) is 43.0 Å². The van der Waals surface area contributed by atoms with Gasteiger partial charge in [0, 0.05) is 13.1 Å². The predicted molar refractivity (Wildman–Crippen MR) is 92.8 cm³/mol. The highest BCUT2D eigenvalue weighted by molar-refractivity contribution is 5.76. The van der Waals surface area contributed by atoms with Crippen LogP contribution >= 0.6 is 0 Å². The van der Waals surface area contributed by atoms with Gasteiger partial charge in [0.25, 0.3) is 0 Å². The van der Waals surface area contributed by atoms with Crippen molar-refractivity contribution in [1.29, 1.82) is 0 Å². The van der Waals surface area contributed by atoms with Crippen molar-refractivity contribution in [3.63, 3.8) is 0 Å². The third-order valence-electron chi connectivity index (χ3n) is 3.92.